The van der Waals surface area contributed by atoms with E-state index in [1.165, 1.54) is 6.20 Å². The van der Waals surface area contributed by atoms with Gasteiger partial charge in [-0.15, -0.1) is 0 Å². The van der Waals surface area contributed by atoms with E-state index in [9.17, 15) is 8.42 Å². The number of aromatic nitrogens is 2. The van der Waals surface area contributed by atoms with Crippen molar-refractivity contribution in [2.45, 2.75) is 25.7 Å². The second kappa shape index (κ2) is 4.52. The van der Waals surface area contributed by atoms with Crippen molar-refractivity contribution >= 4 is 10.0 Å². The lowest BCUT2D eigenvalue weighted by Crippen LogP contribution is -2.38. The van der Waals surface area contributed by atoms with Crippen LogP contribution in [-0.2, 0) is 10.0 Å². The van der Waals surface area contributed by atoms with Gasteiger partial charge in [-0.2, -0.15) is 5.10 Å². The van der Waals surface area contributed by atoms with Gasteiger partial charge in [-0.3, -0.25) is 5.10 Å². The molecule has 1 heterocycles. The van der Waals surface area contributed by atoms with E-state index in [1.54, 1.807) is 6.92 Å². The van der Waals surface area contributed by atoms with E-state index < -0.39 is 10.0 Å². The highest BCUT2D eigenvalue weighted by Gasteiger charge is 2.23. The van der Waals surface area contributed by atoms with Crippen LogP contribution in [0.3, 0.4) is 0 Å². The van der Waals surface area contributed by atoms with Gasteiger partial charge in [0.05, 0.1) is 11.9 Å². The fraction of sp³-hybridized carbons (Fsp3) is 0.667. The molecule has 4 N–H and O–H groups in total. The summed E-state index contributed by atoms with van der Waals surface area (Å²) in [7, 11) is -3.49. The molecule has 0 atom stereocenters. The fourth-order valence-corrected chi connectivity index (χ4v) is 2.43. The highest BCUT2D eigenvalue weighted by molar-refractivity contribution is 7.89. The molecule has 0 unspecified atom stereocenters. The molecule has 0 fully saturated rings. The second-order valence-corrected chi connectivity index (χ2v) is 6.29. The lowest BCUT2D eigenvalue weighted by atomic mass is 9.95. The second-order valence-electron chi connectivity index (χ2n) is 4.55. The number of H-pyrrole nitrogens is 1. The zero-order valence-electron chi connectivity index (χ0n) is 9.74. The first-order chi connectivity index (χ1) is 7.28. The van der Waals surface area contributed by atoms with E-state index >= 15 is 0 Å². The molecule has 1 aromatic rings. The number of nitrogens with one attached hydrogen (secondary N) is 2. The van der Waals surface area contributed by atoms with Crippen LogP contribution in [0, 0.1) is 12.3 Å². The molecule has 16 heavy (non-hydrogen) atoms. The van der Waals surface area contributed by atoms with Crippen molar-refractivity contribution in [1.82, 2.24) is 14.9 Å². The highest BCUT2D eigenvalue weighted by Crippen LogP contribution is 2.14. The van der Waals surface area contributed by atoms with Crippen LogP contribution >= 0.6 is 0 Å². The molecule has 0 saturated carbocycles. The minimum Gasteiger partial charge on any atom is -0.330 e. The van der Waals surface area contributed by atoms with Crippen LogP contribution in [0.25, 0.3) is 0 Å². The van der Waals surface area contributed by atoms with Gasteiger partial charge in [0, 0.05) is 6.54 Å². The topological polar surface area (TPSA) is 101 Å². The molecule has 6 nitrogen and oxygen atoms in total. The normalized spacial score (nSPS) is 13.0. The van der Waals surface area contributed by atoms with E-state index in [0.29, 0.717) is 18.8 Å². The first-order valence-corrected chi connectivity index (χ1v) is 6.46. The highest BCUT2D eigenvalue weighted by atomic mass is 32.2. The lowest BCUT2D eigenvalue weighted by Gasteiger charge is -2.22. The van der Waals surface area contributed by atoms with Crippen molar-refractivity contribution in [2.75, 3.05) is 13.1 Å². The van der Waals surface area contributed by atoms with Crippen LogP contribution in [0.15, 0.2) is 11.1 Å². The molecule has 0 aliphatic carbocycles. The number of aromatic amines is 1. The Labute approximate surface area is 95.7 Å². The Kier molecular flexibility index (Phi) is 3.72. The Morgan fingerprint density at radius 1 is 1.56 bits per heavy atom. The van der Waals surface area contributed by atoms with Crippen LogP contribution in [0.5, 0.6) is 0 Å². The molecule has 0 aliphatic rings. The van der Waals surface area contributed by atoms with Gasteiger partial charge in [-0.05, 0) is 18.9 Å². The van der Waals surface area contributed by atoms with Crippen molar-refractivity contribution in [1.29, 1.82) is 0 Å². The zero-order valence-corrected chi connectivity index (χ0v) is 10.6. The molecule has 7 heteroatoms. The van der Waals surface area contributed by atoms with Crippen molar-refractivity contribution in [3.05, 3.63) is 11.9 Å². The van der Waals surface area contributed by atoms with Crippen molar-refractivity contribution in [3.63, 3.8) is 0 Å². The van der Waals surface area contributed by atoms with Crippen molar-refractivity contribution in [3.8, 4) is 0 Å². The Morgan fingerprint density at radius 3 is 2.62 bits per heavy atom. The maximum Gasteiger partial charge on any atom is 0.243 e. The third-order valence-corrected chi connectivity index (χ3v) is 3.88. The SMILES string of the molecule is Cc1[nH]ncc1S(=O)(=O)NCC(C)(C)CN. The average Bonchev–Trinajstić information content (AvgIpc) is 2.63. The number of hydrogen-bond acceptors (Lipinski definition) is 4. The standard InChI is InChI=1S/C9H18N4O2S/c1-7-8(4-11-13-7)16(14,15)12-6-9(2,3)5-10/h4,12H,5-6,10H2,1-3H3,(H,11,13). The van der Waals surface area contributed by atoms with E-state index in [-0.39, 0.29) is 10.3 Å². The van der Waals surface area contributed by atoms with Gasteiger partial charge in [0.1, 0.15) is 4.90 Å². The predicted molar refractivity (Wildman–Crippen MR) is 61.3 cm³/mol. The van der Waals surface area contributed by atoms with E-state index in [4.69, 9.17) is 5.73 Å². The summed E-state index contributed by atoms with van der Waals surface area (Å²) in [5.74, 6) is 0. The minimum atomic E-state index is -3.49. The molecule has 0 aliphatic heterocycles. The van der Waals surface area contributed by atoms with Crippen molar-refractivity contribution in [2.24, 2.45) is 11.1 Å². The number of nitrogens with two attached hydrogens (primary N) is 1. The molecule has 0 spiro atoms. The fourth-order valence-electron chi connectivity index (χ4n) is 1.05. The van der Waals surface area contributed by atoms with E-state index in [0.717, 1.165) is 0 Å². The largest absolute Gasteiger partial charge is 0.330 e. The molecule has 1 rings (SSSR count). The molecule has 1 aromatic heterocycles. The Bertz CT molecular complexity index is 450. The van der Waals surface area contributed by atoms with E-state index in [1.807, 2.05) is 13.8 Å². The Morgan fingerprint density at radius 2 is 2.19 bits per heavy atom. The van der Waals surface area contributed by atoms with Crippen molar-refractivity contribution < 1.29 is 8.42 Å². The summed E-state index contributed by atoms with van der Waals surface area (Å²) in [6.45, 7) is 6.18. The van der Waals surface area contributed by atoms with Gasteiger partial charge in [0.2, 0.25) is 10.0 Å². The number of sulfonamides is 1. The van der Waals surface area contributed by atoms with Crippen LogP contribution in [0.1, 0.15) is 19.5 Å². The monoisotopic (exact) mass is 246 g/mol. The molecular formula is C9H18N4O2S. The number of aryl methyl sites for hydroxylation is 1. The maximum absolute atomic E-state index is 11.9. The zero-order chi connectivity index (χ0) is 12.4. The molecule has 0 saturated heterocycles. The van der Waals surface area contributed by atoms with Gasteiger partial charge in [0.25, 0.3) is 0 Å². The number of nitrogens with zero attached hydrogens (tertiary/aromatic N) is 1. The van der Waals surface area contributed by atoms with Crippen LogP contribution < -0.4 is 10.5 Å². The molecule has 0 aromatic carbocycles. The van der Waals surface area contributed by atoms with Crippen LogP contribution in [0.2, 0.25) is 0 Å². The molecular weight excluding hydrogens is 228 g/mol. The summed E-state index contributed by atoms with van der Waals surface area (Å²) >= 11 is 0. The molecule has 92 valence electrons. The summed E-state index contributed by atoms with van der Waals surface area (Å²) in [5, 5.41) is 6.28. The quantitative estimate of drug-likeness (QED) is 0.679. The molecule has 0 amide bonds. The minimum absolute atomic E-state index is 0.181. The molecule has 0 radical (unpaired) electrons. The first kappa shape index (κ1) is 13.1. The van der Waals surface area contributed by atoms with Crippen LogP contribution in [0.4, 0.5) is 0 Å². The Balaban J connectivity index is 2.79. The number of hydrogen-bond donors (Lipinski definition) is 3. The maximum atomic E-state index is 11.9. The number of rotatable bonds is 5. The van der Waals surface area contributed by atoms with Gasteiger partial charge in [0.15, 0.2) is 0 Å². The first-order valence-electron chi connectivity index (χ1n) is 4.98. The molecule has 0 bridgehead atoms. The lowest BCUT2D eigenvalue weighted by molar-refractivity contribution is 0.376. The van der Waals surface area contributed by atoms with Gasteiger partial charge in [-0.1, -0.05) is 13.8 Å². The summed E-state index contributed by atoms with van der Waals surface area (Å²) in [4.78, 5) is 0.181. The Hall–Kier alpha value is -0.920. The average molecular weight is 246 g/mol. The van der Waals surface area contributed by atoms with Crippen LogP contribution in [-0.4, -0.2) is 31.7 Å². The predicted octanol–water partition coefficient (Wildman–Crippen LogP) is -0.0187. The smallest absolute Gasteiger partial charge is 0.243 e. The third kappa shape index (κ3) is 3.03. The van der Waals surface area contributed by atoms with Gasteiger partial charge < -0.3 is 5.73 Å². The third-order valence-electron chi connectivity index (χ3n) is 2.37. The van der Waals surface area contributed by atoms with E-state index in [2.05, 4.69) is 14.9 Å². The summed E-state index contributed by atoms with van der Waals surface area (Å²) in [5.41, 5.74) is 5.80. The van der Waals surface area contributed by atoms with Gasteiger partial charge >= 0.3 is 0 Å². The van der Waals surface area contributed by atoms with Gasteiger partial charge in [-0.25, -0.2) is 13.1 Å². The summed E-state index contributed by atoms with van der Waals surface area (Å²) in [6, 6.07) is 0. The summed E-state index contributed by atoms with van der Waals surface area (Å²) in [6.07, 6.45) is 1.30. The summed E-state index contributed by atoms with van der Waals surface area (Å²) < 4.78 is 26.3.